The number of rotatable bonds is 5. The summed E-state index contributed by atoms with van der Waals surface area (Å²) < 4.78 is 14.9. The molecule has 128 valence electrons. The van der Waals surface area contributed by atoms with Gasteiger partial charge in [-0.25, -0.2) is 9.37 Å². The molecule has 2 amide bonds. The molecule has 0 aliphatic heterocycles. The Morgan fingerprint density at radius 2 is 1.96 bits per heavy atom. The van der Waals surface area contributed by atoms with E-state index in [4.69, 9.17) is 0 Å². The van der Waals surface area contributed by atoms with Gasteiger partial charge in [-0.05, 0) is 30.3 Å². The van der Waals surface area contributed by atoms with Crippen LogP contribution in [0.5, 0.6) is 0 Å². The van der Waals surface area contributed by atoms with Gasteiger partial charge in [0.1, 0.15) is 5.82 Å². The minimum Gasteiger partial charge on any atom is -0.326 e. The monoisotopic (exact) mass is 357 g/mol. The molecule has 0 fully saturated rings. The number of amides is 2. The van der Waals surface area contributed by atoms with E-state index in [1.165, 1.54) is 25.1 Å². The Kier molecular flexibility index (Phi) is 5.04. The highest BCUT2D eigenvalue weighted by atomic mass is 32.1. The minimum atomic E-state index is -0.553. The number of carbonyl (C=O) groups excluding carboxylic acids is 2. The number of halogens is 1. The Morgan fingerprint density at radius 3 is 2.72 bits per heavy atom. The highest BCUT2D eigenvalue weighted by molar-refractivity contribution is 7.18. The maximum Gasteiger partial charge on any atom is 0.224 e. The third kappa shape index (κ3) is 4.39. The zero-order chi connectivity index (χ0) is 17.8. The van der Waals surface area contributed by atoms with Gasteiger partial charge >= 0.3 is 0 Å². The predicted molar refractivity (Wildman–Crippen MR) is 97.3 cm³/mol. The number of anilines is 2. The summed E-state index contributed by atoms with van der Waals surface area (Å²) in [6.07, 6.45) is 0.682. The van der Waals surface area contributed by atoms with Crippen LogP contribution in [0.4, 0.5) is 15.8 Å². The molecule has 0 saturated carbocycles. The molecule has 2 N–H and O–H groups in total. The number of fused-ring (bicyclic) bond motifs is 1. The van der Waals surface area contributed by atoms with Crippen molar-refractivity contribution in [2.45, 2.75) is 19.8 Å². The van der Waals surface area contributed by atoms with Crippen molar-refractivity contribution in [3.05, 3.63) is 53.3 Å². The third-order valence-electron chi connectivity index (χ3n) is 3.46. The SMILES string of the molecule is CC(=O)Nc1ccc(F)c(NC(=O)CCc2nc3ccccc3s2)c1. The van der Waals surface area contributed by atoms with Crippen LogP contribution in [0.1, 0.15) is 18.4 Å². The molecule has 3 rings (SSSR count). The first kappa shape index (κ1) is 17.0. The number of nitrogens with one attached hydrogen (secondary N) is 2. The van der Waals surface area contributed by atoms with Gasteiger partial charge in [-0.2, -0.15) is 0 Å². The minimum absolute atomic E-state index is 0.0422. The molecule has 7 heteroatoms. The fourth-order valence-electron chi connectivity index (χ4n) is 2.36. The maximum absolute atomic E-state index is 13.8. The van der Waals surface area contributed by atoms with E-state index in [0.29, 0.717) is 12.1 Å². The number of hydrogen-bond donors (Lipinski definition) is 2. The molecule has 5 nitrogen and oxygen atoms in total. The molecule has 0 radical (unpaired) electrons. The molecule has 1 heterocycles. The second kappa shape index (κ2) is 7.40. The topological polar surface area (TPSA) is 71.1 Å². The summed E-state index contributed by atoms with van der Waals surface area (Å²) in [5.74, 6) is -1.12. The van der Waals surface area contributed by atoms with Crippen LogP contribution < -0.4 is 10.6 Å². The molecular formula is C18H16FN3O2S. The first-order chi connectivity index (χ1) is 12.0. The largest absolute Gasteiger partial charge is 0.326 e. The van der Waals surface area contributed by atoms with E-state index in [-0.39, 0.29) is 23.9 Å². The molecule has 0 spiro atoms. The lowest BCUT2D eigenvalue weighted by Crippen LogP contribution is -2.14. The summed E-state index contributed by atoms with van der Waals surface area (Å²) in [5.41, 5.74) is 1.38. The Labute approximate surface area is 147 Å². The van der Waals surface area contributed by atoms with Gasteiger partial charge in [0.15, 0.2) is 0 Å². The number of carbonyl (C=O) groups is 2. The normalized spacial score (nSPS) is 10.6. The van der Waals surface area contributed by atoms with Crippen molar-refractivity contribution < 1.29 is 14.0 Å². The Balaban J connectivity index is 1.63. The van der Waals surface area contributed by atoms with Gasteiger partial charge in [-0.3, -0.25) is 9.59 Å². The number of benzene rings is 2. The number of hydrogen-bond acceptors (Lipinski definition) is 4. The van der Waals surface area contributed by atoms with E-state index in [1.54, 1.807) is 11.3 Å². The Bertz CT molecular complexity index is 906. The Morgan fingerprint density at radius 1 is 1.16 bits per heavy atom. The van der Waals surface area contributed by atoms with Crippen LogP contribution in [-0.4, -0.2) is 16.8 Å². The van der Waals surface area contributed by atoms with Crippen LogP contribution in [0.25, 0.3) is 10.2 Å². The van der Waals surface area contributed by atoms with Crippen molar-refractivity contribution in [2.24, 2.45) is 0 Å². The first-order valence-corrected chi connectivity index (χ1v) is 8.54. The number of para-hydroxylation sites is 1. The number of nitrogens with zero attached hydrogens (tertiary/aromatic N) is 1. The van der Waals surface area contributed by atoms with Gasteiger partial charge in [0.2, 0.25) is 11.8 Å². The molecule has 0 aliphatic carbocycles. The van der Waals surface area contributed by atoms with Gasteiger partial charge in [0, 0.05) is 25.5 Å². The highest BCUT2D eigenvalue weighted by Gasteiger charge is 2.11. The van der Waals surface area contributed by atoms with Gasteiger partial charge in [0.25, 0.3) is 0 Å². The Hall–Kier alpha value is -2.80. The summed E-state index contributed by atoms with van der Waals surface area (Å²) in [4.78, 5) is 27.6. The van der Waals surface area contributed by atoms with Crippen LogP contribution in [0.15, 0.2) is 42.5 Å². The van der Waals surface area contributed by atoms with E-state index in [0.717, 1.165) is 15.2 Å². The lowest BCUT2D eigenvalue weighted by molar-refractivity contribution is -0.116. The highest BCUT2D eigenvalue weighted by Crippen LogP contribution is 2.23. The fourth-order valence-corrected chi connectivity index (χ4v) is 3.33. The summed E-state index contributed by atoms with van der Waals surface area (Å²) in [6, 6.07) is 11.8. The molecule has 0 aliphatic rings. The van der Waals surface area contributed by atoms with Crippen molar-refractivity contribution in [3.8, 4) is 0 Å². The van der Waals surface area contributed by atoms with Crippen molar-refractivity contribution in [3.63, 3.8) is 0 Å². The van der Waals surface area contributed by atoms with E-state index < -0.39 is 5.82 Å². The van der Waals surface area contributed by atoms with Crippen molar-refractivity contribution in [1.82, 2.24) is 4.98 Å². The molecular weight excluding hydrogens is 341 g/mol. The predicted octanol–water partition coefficient (Wildman–Crippen LogP) is 3.97. The molecule has 2 aromatic carbocycles. The van der Waals surface area contributed by atoms with Gasteiger partial charge < -0.3 is 10.6 Å². The maximum atomic E-state index is 13.8. The van der Waals surface area contributed by atoms with Crippen LogP contribution in [0.3, 0.4) is 0 Å². The molecule has 3 aromatic rings. The smallest absolute Gasteiger partial charge is 0.224 e. The lowest BCUT2D eigenvalue weighted by atomic mass is 10.2. The summed E-state index contributed by atoms with van der Waals surface area (Å²) in [5, 5.41) is 5.96. The summed E-state index contributed by atoms with van der Waals surface area (Å²) >= 11 is 1.55. The zero-order valence-electron chi connectivity index (χ0n) is 13.5. The second-order valence-electron chi connectivity index (χ2n) is 5.50. The third-order valence-corrected chi connectivity index (χ3v) is 4.56. The summed E-state index contributed by atoms with van der Waals surface area (Å²) in [6.45, 7) is 1.36. The number of aromatic nitrogens is 1. The first-order valence-electron chi connectivity index (χ1n) is 7.73. The second-order valence-corrected chi connectivity index (χ2v) is 6.61. The zero-order valence-corrected chi connectivity index (χ0v) is 14.3. The molecule has 0 saturated heterocycles. The van der Waals surface area contributed by atoms with E-state index >= 15 is 0 Å². The number of thiazole rings is 1. The van der Waals surface area contributed by atoms with E-state index in [9.17, 15) is 14.0 Å². The molecule has 1 aromatic heterocycles. The average molecular weight is 357 g/mol. The van der Waals surface area contributed by atoms with Crippen LogP contribution >= 0.6 is 11.3 Å². The summed E-state index contributed by atoms with van der Waals surface area (Å²) in [7, 11) is 0. The van der Waals surface area contributed by atoms with E-state index in [1.807, 2.05) is 24.3 Å². The number of aryl methyl sites for hydroxylation is 1. The van der Waals surface area contributed by atoms with Crippen LogP contribution in [0, 0.1) is 5.82 Å². The molecule has 0 unspecified atom stereocenters. The average Bonchev–Trinajstić information content (AvgIpc) is 2.98. The van der Waals surface area contributed by atoms with Crippen LogP contribution in [0.2, 0.25) is 0 Å². The van der Waals surface area contributed by atoms with Crippen molar-refractivity contribution in [2.75, 3.05) is 10.6 Å². The molecule has 25 heavy (non-hydrogen) atoms. The molecule has 0 atom stereocenters. The van der Waals surface area contributed by atoms with Crippen LogP contribution in [-0.2, 0) is 16.0 Å². The lowest BCUT2D eigenvalue weighted by Gasteiger charge is -2.08. The van der Waals surface area contributed by atoms with Gasteiger partial charge in [-0.15, -0.1) is 11.3 Å². The quantitative estimate of drug-likeness (QED) is 0.726. The van der Waals surface area contributed by atoms with Crippen molar-refractivity contribution >= 4 is 44.7 Å². The van der Waals surface area contributed by atoms with Gasteiger partial charge in [0.05, 0.1) is 20.9 Å². The van der Waals surface area contributed by atoms with Gasteiger partial charge in [-0.1, -0.05) is 12.1 Å². The fraction of sp³-hybridized carbons (Fsp3) is 0.167. The molecule has 0 bridgehead atoms. The van der Waals surface area contributed by atoms with E-state index in [2.05, 4.69) is 15.6 Å². The standard InChI is InChI=1S/C18H16FN3O2S/c1-11(23)20-12-6-7-13(19)15(10-12)21-17(24)8-9-18-22-14-4-2-3-5-16(14)25-18/h2-7,10H,8-9H2,1H3,(H,20,23)(H,21,24). The van der Waals surface area contributed by atoms with Crippen molar-refractivity contribution in [1.29, 1.82) is 0 Å².